The van der Waals surface area contributed by atoms with Gasteiger partial charge in [-0.3, -0.25) is 4.98 Å². The van der Waals surface area contributed by atoms with Crippen LogP contribution in [0.25, 0.3) is 22.4 Å². The highest BCUT2D eigenvalue weighted by atomic mass is 32.2. The molecule has 3 aromatic rings. The van der Waals surface area contributed by atoms with Gasteiger partial charge in [0, 0.05) is 30.8 Å². The monoisotopic (exact) mass is 443 g/mol. The predicted molar refractivity (Wildman–Crippen MR) is 115 cm³/mol. The minimum absolute atomic E-state index is 0.00887. The second-order valence-electron chi connectivity index (χ2n) is 7.20. The fraction of sp³-hybridized carbons (Fsp3) is 0.238. The average Bonchev–Trinajstić information content (AvgIpc) is 2.79. The lowest BCUT2D eigenvalue weighted by molar-refractivity contribution is 0.165. The van der Waals surface area contributed by atoms with Gasteiger partial charge < -0.3 is 16.2 Å². The SMILES string of the molecule is Nc1cnc(-c2ccc(-c3cccc(F)c3)c(S(=O)(=O)N3CCNC[C@@H]3CO)c2)cn1. The highest BCUT2D eigenvalue weighted by Crippen LogP contribution is 2.34. The van der Waals surface area contributed by atoms with Crippen LogP contribution in [-0.4, -0.2) is 60.1 Å². The van der Waals surface area contributed by atoms with Crippen LogP contribution in [0, 0.1) is 5.82 Å². The first-order chi connectivity index (χ1) is 14.9. The van der Waals surface area contributed by atoms with Crippen LogP contribution in [0.1, 0.15) is 0 Å². The lowest BCUT2D eigenvalue weighted by Crippen LogP contribution is -2.55. The Morgan fingerprint density at radius 2 is 2.00 bits per heavy atom. The van der Waals surface area contributed by atoms with Crippen molar-refractivity contribution in [3.63, 3.8) is 0 Å². The van der Waals surface area contributed by atoms with Gasteiger partial charge in [0.15, 0.2) is 0 Å². The summed E-state index contributed by atoms with van der Waals surface area (Å²) in [5.74, 6) is -0.218. The van der Waals surface area contributed by atoms with E-state index < -0.39 is 21.9 Å². The number of aromatic nitrogens is 2. The first-order valence-corrected chi connectivity index (χ1v) is 11.2. The lowest BCUT2D eigenvalue weighted by Gasteiger charge is -2.34. The van der Waals surface area contributed by atoms with Gasteiger partial charge in [-0.2, -0.15) is 4.31 Å². The molecule has 1 aromatic heterocycles. The molecule has 0 bridgehead atoms. The number of aliphatic hydroxyl groups is 1. The molecular weight excluding hydrogens is 421 g/mol. The maximum atomic E-state index is 13.9. The number of benzene rings is 2. The number of piperazine rings is 1. The third-order valence-corrected chi connectivity index (χ3v) is 7.17. The topological polar surface area (TPSA) is 121 Å². The summed E-state index contributed by atoms with van der Waals surface area (Å²) < 4.78 is 42.6. The van der Waals surface area contributed by atoms with E-state index in [1.807, 2.05) is 0 Å². The van der Waals surface area contributed by atoms with E-state index in [4.69, 9.17) is 5.73 Å². The number of halogens is 1. The number of nitrogens with zero attached hydrogens (tertiary/aromatic N) is 3. The van der Waals surface area contributed by atoms with Crippen molar-refractivity contribution in [3.8, 4) is 22.4 Å². The van der Waals surface area contributed by atoms with E-state index in [1.165, 1.54) is 41.0 Å². The van der Waals surface area contributed by atoms with E-state index in [0.29, 0.717) is 35.5 Å². The maximum absolute atomic E-state index is 13.9. The van der Waals surface area contributed by atoms with Gasteiger partial charge in [-0.1, -0.05) is 24.3 Å². The summed E-state index contributed by atoms with van der Waals surface area (Å²) in [5, 5.41) is 12.8. The van der Waals surface area contributed by atoms with Crippen molar-refractivity contribution in [1.29, 1.82) is 0 Å². The number of hydrogen-bond acceptors (Lipinski definition) is 7. The highest BCUT2D eigenvalue weighted by molar-refractivity contribution is 7.89. The molecule has 2 heterocycles. The Hall–Kier alpha value is -2.92. The molecule has 1 atom stereocenters. The molecule has 4 N–H and O–H groups in total. The molecule has 0 amide bonds. The Labute approximate surface area is 179 Å². The zero-order valence-corrected chi connectivity index (χ0v) is 17.4. The van der Waals surface area contributed by atoms with E-state index >= 15 is 0 Å². The Bertz CT molecular complexity index is 1190. The molecule has 1 fully saturated rings. The number of aliphatic hydroxyl groups excluding tert-OH is 1. The Balaban J connectivity index is 1.89. The van der Waals surface area contributed by atoms with Crippen molar-refractivity contribution < 1.29 is 17.9 Å². The van der Waals surface area contributed by atoms with Crippen LogP contribution in [0.4, 0.5) is 10.2 Å². The summed E-state index contributed by atoms with van der Waals surface area (Å²) in [6, 6.07) is 10.0. The third kappa shape index (κ3) is 4.28. The van der Waals surface area contributed by atoms with Gasteiger partial charge in [0.2, 0.25) is 10.0 Å². The zero-order valence-electron chi connectivity index (χ0n) is 16.6. The minimum Gasteiger partial charge on any atom is -0.395 e. The summed E-state index contributed by atoms with van der Waals surface area (Å²) in [7, 11) is -4.02. The molecule has 2 aromatic carbocycles. The van der Waals surface area contributed by atoms with Crippen LogP contribution >= 0.6 is 0 Å². The van der Waals surface area contributed by atoms with Gasteiger partial charge in [-0.25, -0.2) is 17.8 Å². The van der Waals surface area contributed by atoms with Crippen LogP contribution in [0.5, 0.6) is 0 Å². The number of nitrogen functional groups attached to an aromatic ring is 1. The first-order valence-electron chi connectivity index (χ1n) is 9.71. The molecule has 31 heavy (non-hydrogen) atoms. The summed E-state index contributed by atoms with van der Waals surface area (Å²) in [6.07, 6.45) is 2.85. The van der Waals surface area contributed by atoms with Crippen LogP contribution in [0.2, 0.25) is 0 Å². The fourth-order valence-corrected chi connectivity index (χ4v) is 5.48. The molecule has 0 unspecified atom stereocenters. The van der Waals surface area contributed by atoms with Crippen molar-refractivity contribution >= 4 is 15.8 Å². The molecule has 10 heteroatoms. The van der Waals surface area contributed by atoms with Gasteiger partial charge in [0.1, 0.15) is 11.6 Å². The number of sulfonamides is 1. The molecular formula is C21H22FN5O3S. The van der Waals surface area contributed by atoms with E-state index in [1.54, 1.807) is 18.2 Å². The molecule has 1 aliphatic rings. The van der Waals surface area contributed by atoms with Crippen LogP contribution in [-0.2, 0) is 10.0 Å². The van der Waals surface area contributed by atoms with Crippen molar-refractivity contribution in [2.75, 3.05) is 32.0 Å². The summed E-state index contributed by atoms with van der Waals surface area (Å²) >= 11 is 0. The van der Waals surface area contributed by atoms with Crippen molar-refractivity contribution in [2.45, 2.75) is 10.9 Å². The summed E-state index contributed by atoms with van der Waals surface area (Å²) in [5.41, 5.74) is 7.39. The normalized spacial score (nSPS) is 17.5. The van der Waals surface area contributed by atoms with Gasteiger partial charge in [-0.05, 0) is 23.8 Å². The van der Waals surface area contributed by atoms with Gasteiger partial charge in [-0.15, -0.1) is 0 Å². The standard InChI is InChI=1S/C21H22FN5O3S/c22-16-3-1-2-14(8-16)18-5-4-15(19-11-26-21(23)12-25-19)9-20(18)31(29,30)27-7-6-24-10-17(27)13-28/h1-5,8-9,11-12,17,24,28H,6-7,10,13H2,(H2,23,26)/t17-/m1/s1. The third-order valence-electron chi connectivity index (χ3n) is 5.18. The predicted octanol–water partition coefficient (Wildman–Crippen LogP) is 1.49. The number of hydrogen-bond donors (Lipinski definition) is 3. The van der Waals surface area contributed by atoms with Gasteiger partial charge in [0.25, 0.3) is 0 Å². The molecule has 0 saturated carbocycles. The fourth-order valence-electron chi connectivity index (χ4n) is 3.62. The van der Waals surface area contributed by atoms with Crippen molar-refractivity contribution in [2.24, 2.45) is 0 Å². The number of nitrogens with two attached hydrogens (primary N) is 1. The second-order valence-corrected chi connectivity index (χ2v) is 9.06. The number of rotatable bonds is 5. The molecule has 1 aliphatic heterocycles. The van der Waals surface area contributed by atoms with E-state index in [-0.39, 0.29) is 23.9 Å². The smallest absolute Gasteiger partial charge is 0.244 e. The Kier molecular flexibility index (Phi) is 5.96. The molecule has 0 aliphatic carbocycles. The number of anilines is 1. The molecule has 162 valence electrons. The molecule has 0 spiro atoms. The quantitative estimate of drug-likeness (QED) is 0.546. The van der Waals surface area contributed by atoms with Gasteiger partial charge in [0.05, 0.1) is 35.6 Å². The first kappa shape index (κ1) is 21.3. The van der Waals surface area contributed by atoms with E-state index in [9.17, 15) is 17.9 Å². The van der Waals surface area contributed by atoms with E-state index in [0.717, 1.165) is 0 Å². The maximum Gasteiger partial charge on any atom is 0.244 e. The second kappa shape index (κ2) is 8.67. The Morgan fingerprint density at radius 3 is 2.71 bits per heavy atom. The highest BCUT2D eigenvalue weighted by Gasteiger charge is 2.35. The molecule has 1 saturated heterocycles. The van der Waals surface area contributed by atoms with E-state index in [2.05, 4.69) is 15.3 Å². The molecule has 0 radical (unpaired) electrons. The zero-order chi connectivity index (χ0) is 22.0. The van der Waals surface area contributed by atoms with Gasteiger partial charge >= 0.3 is 0 Å². The molecule has 4 rings (SSSR count). The molecule has 8 nitrogen and oxygen atoms in total. The van der Waals surface area contributed by atoms with Crippen LogP contribution in [0.3, 0.4) is 0 Å². The summed E-state index contributed by atoms with van der Waals surface area (Å²) in [6.45, 7) is 0.703. The van der Waals surface area contributed by atoms with Crippen LogP contribution in [0.15, 0.2) is 59.8 Å². The summed E-state index contributed by atoms with van der Waals surface area (Å²) in [4.78, 5) is 8.25. The number of nitrogens with one attached hydrogen (secondary N) is 1. The van der Waals surface area contributed by atoms with Crippen molar-refractivity contribution in [3.05, 3.63) is 60.7 Å². The largest absolute Gasteiger partial charge is 0.395 e. The lowest BCUT2D eigenvalue weighted by atomic mass is 10.0. The van der Waals surface area contributed by atoms with Crippen molar-refractivity contribution in [1.82, 2.24) is 19.6 Å². The van der Waals surface area contributed by atoms with Crippen LogP contribution < -0.4 is 11.1 Å². The minimum atomic E-state index is -4.02. The average molecular weight is 444 g/mol. The Morgan fingerprint density at radius 1 is 1.16 bits per heavy atom.